The molecule has 6 atom stereocenters. The largest absolute Gasteiger partial charge is 0.507 e. The molecule has 2 saturated heterocycles. The van der Waals surface area contributed by atoms with Gasteiger partial charge in [-0.2, -0.15) is 0 Å². The van der Waals surface area contributed by atoms with Gasteiger partial charge in [-0.25, -0.2) is 4.79 Å². The second-order valence-corrected chi connectivity index (χ2v) is 9.89. The van der Waals surface area contributed by atoms with Gasteiger partial charge in [-0.1, -0.05) is 12.1 Å². The Morgan fingerprint density at radius 3 is 2.58 bits per heavy atom. The molecule has 2 aromatic rings. The topological polar surface area (TPSA) is 163 Å². The molecule has 0 radical (unpaired) electrons. The number of ketones is 2. The highest BCUT2D eigenvalue weighted by molar-refractivity contribution is 6.41. The van der Waals surface area contributed by atoms with E-state index in [2.05, 4.69) is 0 Å². The van der Waals surface area contributed by atoms with Crippen LogP contribution in [0.15, 0.2) is 36.0 Å². The molecule has 11 nitrogen and oxygen atoms in total. The van der Waals surface area contributed by atoms with Gasteiger partial charge < -0.3 is 39.5 Å². The van der Waals surface area contributed by atoms with Crippen LogP contribution in [0.1, 0.15) is 57.0 Å². The Hall–Kier alpha value is -3.77. The summed E-state index contributed by atoms with van der Waals surface area (Å²) in [5.41, 5.74) is 0.725. The van der Waals surface area contributed by atoms with E-state index in [1.165, 1.54) is 29.2 Å². The van der Waals surface area contributed by atoms with Crippen molar-refractivity contribution < 1.29 is 49.0 Å². The lowest BCUT2D eigenvalue weighted by Crippen LogP contribution is -2.48. The van der Waals surface area contributed by atoms with Crippen molar-refractivity contribution in [1.82, 2.24) is 4.90 Å². The van der Waals surface area contributed by atoms with Crippen LogP contribution in [0.2, 0.25) is 0 Å². The number of allylic oxidation sites excluding steroid dienone is 2. The van der Waals surface area contributed by atoms with Crippen LogP contribution in [-0.4, -0.2) is 80.1 Å². The van der Waals surface area contributed by atoms with Crippen molar-refractivity contribution in [3.8, 4) is 11.5 Å². The summed E-state index contributed by atoms with van der Waals surface area (Å²) in [6.07, 6.45) is -5.18. The number of hydrogen-bond donors (Lipinski definition) is 4. The molecule has 1 aliphatic carbocycles. The number of fused-ring (bicyclic) bond motifs is 6. The summed E-state index contributed by atoms with van der Waals surface area (Å²) in [5, 5.41) is 41.1. The monoisotopic (exact) mass is 523 g/mol. The summed E-state index contributed by atoms with van der Waals surface area (Å²) in [7, 11) is 0. The molecule has 3 heterocycles. The van der Waals surface area contributed by atoms with Crippen molar-refractivity contribution in [3.05, 3.63) is 63.8 Å². The van der Waals surface area contributed by atoms with E-state index in [0.29, 0.717) is 11.1 Å². The summed E-state index contributed by atoms with van der Waals surface area (Å²) in [6.45, 7) is 2.63. The zero-order chi connectivity index (χ0) is 27.0. The first-order chi connectivity index (χ1) is 18.1. The molecule has 3 aliphatic heterocycles. The molecular weight excluding hydrogens is 498 g/mol. The van der Waals surface area contributed by atoms with Crippen molar-refractivity contribution in [3.63, 3.8) is 0 Å². The molecule has 0 spiro atoms. The summed E-state index contributed by atoms with van der Waals surface area (Å²) in [6, 6.07) is 6.34. The SMILES string of the molecule is Cc1cc(O)c2c(c1)[C@H]1OC(=O)[C@H](CO)N1C1=C2C(=O)c2cccc(O[C@H]3C[C@@H](O)[C@@H](O)[C@H](C)O3)c2C1=O. The van der Waals surface area contributed by atoms with Crippen LogP contribution >= 0.6 is 0 Å². The number of carbonyl (C=O) groups excluding carboxylic acids is 3. The Labute approximate surface area is 216 Å². The third-order valence-electron chi connectivity index (χ3n) is 7.44. The number of hydrogen-bond acceptors (Lipinski definition) is 11. The van der Waals surface area contributed by atoms with Crippen LogP contribution in [0, 0.1) is 6.92 Å². The maximum Gasteiger partial charge on any atom is 0.333 e. The van der Waals surface area contributed by atoms with Gasteiger partial charge in [-0.15, -0.1) is 0 Å². The molecule has 11 heteroatoms. The number of nitrogens with zero attached hydrogens (tertiary/aromatic N) is 1. The van der Waals surface area contributed by atoms with Crippen molar-refractivity contribution in [2.45, 2.75) is 57.1 Å². The standard InChI is InChI=1S/C27H25NO10/c1-10-6-13-19(15(30)7-10)21-22(28-14(9-29)27(35)38-26(13)28)25(34)20-12(24(21)33)4-3-5-17(20)37-18-8-16(31)23(32)11(2)36-18/h3-7,11,14,16,18,23,26,29-32H,8-9H2,1-2H3/t11-,14-,16+,18-,23-,26+/m0/s1. The minimum Gasteiger partial charge on any atom is -0.507 e. The summed E-state index contributed by atoms with van der Waals surface area (Å²) in [4.78, 5) is 42.1. The van der Waals surface area contributed by atoms with Crippen LogP contribution in [-0.2, 0) is 14.3 Å². The predicted octanol–water partition coefficient (Wildman–Crippen LogP) is 0.958. The van der Waals surface area contributed by atoms with E-state index in [1.807, 2.05) is 0 Å². The predicted molar refractivity (Wildman–Crippen MR) is 128 cm³/mol. The normalized spacial score (nSPS) is 29.9. The molecule has 4 aliphatic rings. The molecule has 0 aromatic heterocycles. The molecule has 198 valence electrons. The molecule has 4 N–H and O–H groups in total. The smallest absolute Gasteiger partial charge is 0.333 e. The number of phenols is 1. The van der Waals surface area contributed by atoms with Crippen molar-refractivity contribution >= 4 is 23.1 Å². The highest BCUT2D eigenvalue weighted by Crippen LogP contribution is 2.52. The number of rotatable bonds is 3. The molecule has 38 heavy (non-hydrogen) atoms. The number of esters is 1. The molecule has 0 unspecified atom stereocenters. The van der Waals surface area contributed by atoms with Gasteiger partial charge in [0.1, 0.15) is 23.3 Å². The molecule has 2 fully saturated rings. The molecule has 0 bridgehead atoms. The van der Waals surface area contributed by atoms with E-state index in [1.54, 1.807) is 19.9 Å². The first-order valence-electron chi connectivity index (χ1n) is 12.2. The van der Waals surface area contributed by atoms with E-state index in [-0.39, 0.29) is 45.9 Å². The maximum atomic E-state index is 14.1. The lowest BCUT2D eigenvalue weighted by Gasteiger charge is -2.39. The first-order valence-corrected chi connectivity index (χ1v) is 12.2. The Morgan fingerprint density at radius 2 is 1.87 bits per heavy atom. The van der Waals surface area contributed by atoms with Crippen molar-refractivity contribution in [2.24, 2.45) is 0 Å². The number of phenolic OH excluding ortho intramolecular Hbond substituents is 1. The highest BCUT2D eigenvalue weighted by atomic mass is 16.7. The fraction of sp³-hybridized carbons (Fsp3) is 0.370. The Kier molecular flexibility index (Phi) is 5.58. The first kappa shape index (κ1) is 24.6. The van der Waals surface area contributed by atoms with Crippen molar-refractivity contribution in [2.75, 3.05) is 6.61 Å². The van der Waals surface area contributed by atoms with Crippen molar-refractivity contribution in [1.29, 1.82) is 0 Å². The average Bonchev–Trinajstić information content (AvgIpc) is 3.21. The average molecular weight is 523 g/mol. The van der Waals surface area contributed by atoms with Gasteiger partial charge >= 0.3 is 5.97 Å². The zero-order valence-electron chi connectivity index (χ0n) is 20.5. The van der Waals surface area contributed by atoms with Gasteiger partial charge in [0.2, 0.25) is 18.3 Å². The van der Waals surface area contributed by atoms with Gasteiger partial charge in [0.15, 0.2) is 11.8 Å². The number of aryl methyl sites for hydroxylation is 1. The number of benzene rings is 2. The number of aliphatic hydroxyl groups is 3. The number of carbonyl (C=O) groups is 3. The lowest BCUT2D eigenvalue weighted by atomic mass is 9.78. The Morgan fingerprint density at radius 1 is 1.11 bits per heavy atom. The summed E-state index contributed by atoms with van der Waals surface area (Å²) >= 11 is 0. The van der Waals surface area contributed by atoms with Crippen LogP contribution in [0.25, 0.3) is 5.57 Å². The van der Waals surface area contributed by atoms with E-state index >= 15 is 0 Å². The third-order valence-corrected chi connectivity index (χ3v) is 7.44. The highest BCUT2D eigenvalue weighted by Gasteiger charge is 2.54. The van der Waals surface area contributed by atoms with Gasteiger partial charge in [-0.3, -0.25) is 9.59 Å². The number of ether oxygens (including phenoxy) is 3. The third kappa shape index (κ3) is 3.39. The Balaban J connectivity index is 1.51. The molecule has 2 aromatic carbocycles. The maximum absolute atomic E-state index is 14.1. The summed E-state index contributed by atoms with van der Waals surface area (Å²) in [5.74, 6) is -2.25. The molecule has 0 amide bonds. The minimum atomic E-state index is -1.24. The van der Waals surface area contributed by atoms with Gasteiger partial charge in [0.05, 0.1) is 30.0 Å². The van der Waals surface area contributed by atoms with Gasteiger partial charge in [0.25, 0.3) is 0 Å². The second kappa shape index (κ2) is 8.63. The molecular formula is C27H25NO10. The minimum absolute atomic E-state index is 0.00987. The quantitative estimate of drug-likeness (QED) is 0.424. The van der Waals surface area contributed by atoms with Gasteiger partial charge in [-0.05, 0) is 37.6 Å². The van der Waals surface area contributed by atoms with Gasteiger partial charge in [0, 0.05) is 23.1 Å². The Bertz CT molecular complexity index is 1420. The fourth-order valence-electron chi connectivity index (χ4n) is 5.68. The molecule has 6 rings (SSSR count). The summed E-state index contributed by atoms with van der Waals surface area (Å²) < 4.78 is 17.1. The van der Waals surface area contributed by atoms with E-state index in [4.69, 9.17) is 14.2 Å². The van der Waals surface area contributed by atoms with Crippen LogP contribution in [0.4, 0.5) is 0 Å². The lowest BCUT2D eigenvalue weighted by molar-refractivity contribution is -0.216. The van der Waals surface area contributed by atoms with Crippen LogP contribution in [0.3, 0.4) is 0 Å². The van der Waals surface area contributed by atoms with E-state index in [9.17, 15) is 34.8 Å². The van der Waals surface area contributed by atoms with Crippen LogP contribution < -0.4 is 4.74 Å². The number of Topliss-reactive ketones (excluding diaryl/α,β-unsaturated/α-hetero) is 2. The van der Waals surface area contributed by atoms with E-state index in [0.717, 1.165) is 0 Å². The molecule has 0 saturated carbocycles. The second-order valence-electron chi connectivity index (χ2n) is 9.89. The van der Waals surface area contributed by atoms with E-state index < -0.39 is 61.0 Å². The zero-order valence-corrected chi connectivity index (χ0v) is 20.5. The number of aromatic hydroxyl groups is 1. The number of aliphatic hydroxyl groups excluding tert-OH is 3. The van der Waals surface area contributed by atoms with Crippen LogP contribution in [0.5, 0.6) is 11.5 Å². The fourth-order valence-corrected chi connectivity index (χ4v) is 5.68.